The van der Waals surface area contributed by atoms with E-state index in [1.165, 1.54) is 32.2 Å². The molecule has 1 N–H and O–H groups in total. The van der Waals surface area contributed by atoms with Crippen LogP contribution in [0.2, 0.25) is 0 Å². The Morgan fingerprint density at radius 1 is 1.27 bits per heavy atom. The Morgan fingerprint density at radius 3 is 2.20 bits per heavy atom. The van der Waals surface area contributed by atoms with Crippen LogP contribution in [0.1, 0.15) is 53.4 Å². The van der Waals surface area contributed by atoms with Crippen molar-refractivity contribution in [3.05, 3.63) is 0 Å². The van der Waals surface area contributed by atoms with Crippen LogP contribution in [-0.2, 0) is 0 Å². The van der Waals surface area contributed by atoms with Crippen LogP contribution in [0.5, 0.6) is 0 Å². The molecular weight excluding hydrogens is 184 g/mol. The SMILES string of the molecule is CC.CCC(CN(C)CC)NC1CCC1. The quantitative estimate of drug-likeness (QED) is 0.731. The zero-order valence-electron chi connectivity index (χ0n) is 11.3. The predicted molar refractivity (Wildman–Crippen MR) is 69.4 cm³/mol. The number of rotatable bonds is 6. The molecule has 0 spiro atoms. The normalized spacial score (nSPS) is 18.0. The standard InChI is InChI=1S/C11H24N2.C2H6/c1-4-10(9-13(3)5-2)12-11-7-6-8-11;1-2/h10-12H,4-9H2,1-3H3;1-2H3. The molecule has 0 amide bonds. The highest BCUT2D eigenvalue weighted by atomic mass is 15.1. The maximum absolute atomic E-state index is 3.73. The van der Waals surface area contributed by atoms with Crippen LogP contribution >= 0.6 is 0 Å². The van der Waals surface area contributed by atoms with E-state index >= 15 is 0 Å². The Balaban J connectivity index is 0.000000921. The van der Waals surface area contributed by atoms with Crippen molar-refractivity contribution in [3.8, 4) is 0 Å². The maximum Gasteiger partial charge on any atom is 0.0194 e. The van der Waals surface area contributed by atoms with Crippen molar-refractivity contribution in [2.24, 2.45) is 0 Å². The molecule has 1 atom stereocenters. The molecular formula is C13H30N2. The van der Waals surface area contributed by atoms with Crippen LogP contribution in [0.15, 0.2) is 0 Å². The molecule has 0 aromatic rings. The summed E-state index contributed by atoms with van der Waals surface area (Å²) in [5.41, 5.74) is 0. The van der Waals surface area contributed by atoms with Gasteiger partial charge in [0.05, 0.1) is 0 Å². The first kappa shape index (κ1) is 14.9. The van der Waals surface area contributed by atoms with Gasteiger partial charge >= 0.3 is 0 Å². The fraction of sp³-hybridized carbons (Fsp3) is 1.00. The highest BCUT2D eigenvalue weighted by Gasteiger charge is 2.20. The molecule has 0 radical (unpaired) electrons. The highest BCUT2D eigenvalue weighted by Crippen LogP contribution is 2.19. The molecule has 15 heavy (non-hydrogen) atoms. The Kier molecular flexibility index (Phi) is 9.12. The van der Waals surface area contributed by atoms with Crippen molar-refractivity contribution in [3.63, 3.8) is 0 Å². The minimum atomic E-state index is 0.704. The van der Waals surface area contributed by atoms with Crippen molar-refractivity contribution >= 4 is 0 Å². The van der Waals surface area contributed by atoms with E-state index in [0.717, 1.165) is 12.6 Å². The Labute approximate surface area is 96.4 Å². The number of nitrogens with one attached hydrogen (secondary N) is 1. The Bertz CT molecular complexity index is 126. The minimum absolute atomic E-state index is 0.704. The summed E-state index contributed by atoms with van der Waals surface area (Å²) >= 11 is 0. The van der Waals surface area contributed by atoms with Gasteiger partial charge in [-0.05, 0) is 32.9 Å². The first-order chi connectivity index (χ1) is 7.26. The number of nitrogens with zero attached hydrogens (tertiary/aromatic N) is 1. The first-order valence-electron chi connectivity index (χ1n) is 6.70. The van der Waals surface area contributed by atoms with Crippen LogP contribution in [0.25, 0.3) is 0 Å². The monoisotopic (exact) mass is 214 g/mol. The van der Waals surface area contributed by atoms with Crippen molar-refractivity contribution in [2.75, 3.05) is 20.1 Å². The van der Waals surface area contributed by atoms with Gasteiger partial charge in [-0.2, -0.15) is 0 Å². The average molecular weight is 214 g/mol. The fourth-order valence-corrected chi connectivity index (χ4v) is 1.71. The minimum Gasteiger partial charge on any atom is -0.310 e. The molecule has 0 aliphatic heterocycles. The second-order valence-electron chi connectivity index (χ2n) is 4.25. The summed E-state index contributed by atoms with van der Waals surface area (Å²) in [6, 6.07) is 1.53. The summed E-state index contributed by atoms with van der Waals surface area (Å²) in [5.74, 6) is 0. The topological polar surface area (TPSA) is 15.3 Å². The fourth-order valence-electron chi connectivity index (χ4n) is 1.71. The molecule has 1 saturated carbocycles. The number of hydrogen-bond donors (Lipinski definition) is 1. The lowest BCUT2D eigenvalue weighted by atomic mass is 9.92. The third-order valence-corrected chi connectivity index (χ3v) is 3.14. The maximum atomic E-state index is 3.73. The Hall–Kier alpha value is -0.0800. The van der Waals surface area contributed by atoms with Gasteiger partial charge in [-0.25, -0.2) is 0 Å². The van der Waals surface area contributed by atoms with Gasteiger partial charge in [-0.15, -0.1) is 0 Å². The van der Waals surface area contributed by atoms with Crippen molar-refractivity contribution in [1.29, 1.82) is 0 Å². The summed E-state index contributed by atoms with van der Waals surface area (Å²) in [7, 11) is 2.20. The summed E-state index contributed by atoms with van der Waals surface area (Å²) in [6.07, 6.45) is 5.47. The zero-order valence-corrected chi connectivity index (χ0v) is 11.3. The van der Waals surface area contributed by atoms with Crippen LogP contribution in [0, 0.1) is 0 Å². The first-order valence-corrected chi connectivity index (χ1v) is 6.70. The van der Waals surface area contributed by atoms with Gasteiger partial charge < -0.3 is 10.2 Å². The molecule has 1 fully saturated rings. The van der Waals surface area contributed by atoms with Gasteiger partial charge in [0, 0.05) is 18.6 Å². The van der Waals surface area contributed by atoms with Crippen molar-refractivity contribution < 1.29 is 0 Å². The molecule has 0 saturated heterocycles. The van der Waals surface area contributed by atoms with Crippen LogP contribution < -0.4 is 5.32 Å². The summed E-state index contributed by atoms with van der Waals surface area (Å²) < 4.78 is 0. The number of hydrogen-bond acceptors (Lipinski definition) is 2. The van der Waals surface area contributed by atoms with E-state index in [1.54, 1.807) is 0 Å². The van der Waals surface area contributed by atoms with Crippen LogP contribution in [0.4, 0.5) is 0 Å². The summed E-state index contributed by atoms with van der Waals surface area (Å²) in [5, 5.41) is 3.73. The van der Waals surface area contributed by atoms with E-state index in [9.17, 15) is 0 Å². The van der Waals surface area contributed by atoms with E-state index in [4.69, 9.17) is 0 Å². The van der Waals surface area contributed by atoms with Gasteiger partial charge in [0.15, 0.2) is 0 Å². The second kappa shape index (κ2) is 9.17. The average Bonchev–Trinajstić information content (AvgIpc) is 2.24. The molecule has 1 rings (SSSR count). The molecule has 0 heterocycles. The smallest absolute Gasteiger partial charge is 0.0194 e. The van der Waals surface area contributed by atoms with Gasteiger partial charge in [0.1, 0.15) is 0 Å². The lowest BCUT2D eigenvalue weighted by Crippen LogP contribution is -2.46. The van der Waals surface area contributed by atoms with E-state index < -0.39 is 0 Å². The van der Waals surface area contributed by atoms with E-state index in [0.29, 0.717) is 6.04 Å². The van der Waals surface area contributed by atoms with E-state index in [2.05, 4.69) is 31.1 Å². The summed E-state index contributed by atoms with van der Waals surface area (Å²) in [6.45, 7) is 10.8. The third-order valence-electron chi connectivity index (χ3n) is 3.14. The van der Waals surface area contributed by atoms with E-state index in [-0.39, 0.29) is 0 Å². The predicted octanol–water partition coefficient (Wildman–Crippen LogP) is 2.89. The Morgan fingerprint density at radius 2 is 1.87 bits per heavy atom. The van der Waals surface area contributed by atoms with Crippen LogP contribution in [-0.4, -0.2) is 37.1 Å². The molecule has 0 aromatic carbocycles. The van der Waals surface area contributed by atoms with E-state index in [1.807, 2.05) is 13.8 Å². The van der Waals surface area contributed by atoms with Crippen LogP contribution in [0.3, 0.4) is 0 Å². The van der Waals surface area contributed by atoms with Gasteiger partial charge in [0.2, 0.25) is 0 Å². The molecule has 1 unspecified atom stereocenters. The second-order valence-corrected chi connectivity index (χ2v) is 4.25. The summed E-state index contributed by atoms with van der Waals surface area (Å²) in [4.78, 5) is 2.39. The third kappa shape index (κ3) is 6.16. The molecule has 0 bridgehead atoms. The lowest BCUT2D eigenvalue weighted by molar-refractivity contribution is 0.244. The highest BCUT2D eigenvalue weighted by molar-refractivity contribution is 4.81. The molecule has 1 aliphatic rings. The van der Waals surface area contributed by atoms with Gasteiger partial charge in [0.25, 0.3) is 0 Å². The van der Waals surface area contributed by atoms with Crippen molar-refractivity contribution in [2.45, 2.75) is 65.5 Å². The lowest BCUT2D eigenvalue weighted by Gasteiger charge is -2.32. The van der Waals surface area contributed by atoms with Gasteiger partial charge in [-0.3, -0.25) is 0 Å². The largest absolute Gasteiger partial charge is 0.310 e. The molecule has 92 valence electrons. The zero-order chi connectivity index (χ0) is 11.7. The van der Waals surface area contributed by atoms with Gasteiger partial charge in [-0.1, -0.05) is 34.1 Å². The number of likely N-dealkylation sites (N-methyl/N-ethyl adjacent to an activating group) is 1. The van der Waals surface area contributed by atoms with Crippen molar-refractivity contribution in [1.82, 2.24) is 10.2 Å². The molecule has 1 aliphatic carbocycles. The molecule has 2 heteroatoms. The molecule has 0 aromatic heterocycles. The molecule has 2 nitrogen and oxygen atoms in total.